The van der Waals surface area contributed by atoms with Crippen molar-refractivity contribution >= 4 is 5.91 Å². The minimum Gasteiger partial charge on any atom is -0.374 e. The molecule has 3 aliphatic heterocycles. The number of carbonyl (C=O) groups excluding carboxylic acids is 1. The molecule has 0 radical (unpaired) electrons. The zero-order valence-corrected chi connectivity index (χ0v) is 24.3. The van der Waals surface area contributed by atoms with Crippen LogP contribution < -0.4 is 37.3 Å². The average Bonchev–Trinajstić information content (AvgIpc) is 3.38. The largest absolute Gasteiger partial charge is 0.374 e. The Morgan fingerprint density at radius 1 is 1.18 bits per heavy atom. The van der Waals surface area contributed by atoms with Crippen molar-refractivity contribution in [3.8, 4) is 0 Å². The van der Waals surface area contributed by atoms with Crippen molar-refractivity contribution in [3.63, 3.8) is 0 Å². The predicted octanol–water partition coefficient (Wildman–Crippen LogP) is 0.709. The zero-order chi connectivity index (χ0) is 27.9. The van der Waals surface area contributed by atoms with Gasteiger partial charge in [0.15, 0.2) is 0 Å². The fourth-order valence-corrected chi connectivity index (χ4v) is 6.11. The normalized spacial score (nSPS) is 32.5. The highest BCUT2D eigenvalue weighted by molar-refractivity contribution is 5.78. The Hall–Kier alpha value is -2.25. The van der Waals surface area contributed by atoms with Crippen LogP contribution in [0.25, 0.3) is 0 Å². The molecule has 40 heavy (non-hydrogen) atoms. The summed E-state index contributed by atoms with van der Waals surface area (Å²) in [6, 6.07) is 0.143. The molecule has 5 aliphatic rings. The number of nitrogens with one attached hydrogen (secondary N) is 7. The zero-order valence-electron chi connectivity index (χ0n) is 24.3. The van der Waals surface area contributed by atoms with E-state index in [1.807, 2.05) is 20.2 Å². The molecule has 3 heterocycles. The van der Waals surface area contributed by atoms with Crippen LogP contribution in [-0.2, 0) is 9.53 Å². The van der Waals surface area contributed by atoms with Gasteiger partial charge in [-0.2, -0.15) is 0 Å². The maximum absolute atomic E-state index is 12.3. The first-order chi connectivity index (χ1) is 19.4. The van der Waals surface area contributed by atoms with Crippen molar-refractivity contribution in [3.05, 3.63) is 47.6 Å². The van der Waals surface area contributed by atoms with Crippen LogP contribution in [0.15, 0.2) is 47.6 Å². The van der Waals surface area contributed by atoms with E-state index in [-0.39, 0.29) is 24.2 Å². The summed E-state index contributed by atoms with van der Waals surface area (Å²) in [6.07, 6.45) is 18.2. The first kappa shape index (κ1) is 29.2. The van der Waals surface area contributed by atoms with Crippen molar-refractivity contribution < 1.29 is 9.53 Å². The lowest BCUT2D eigenvalue weighted by atomic mass is 9.91. The monoisotopic (exact) mass is 555 g/mol. The van der Waals surface area contributed by atoms with E-state index in [2.05, 4.69) is 78.5 Å². The molecule has 1 amide bonds. The summed E-state index contributed by atoms with van der Waals surface area (Å²) in [4.78, 5) is 14.4. The van der Waals surface area contributed by atoms with Gasteiger partial charge in [-0.05, 0) is 71.0 Å². The molecule has 222 valence electrons. The van der Waals surface area contributed by atoms with Crippen LogP contribution in [-0.4, -0.2) is 86.9 Å². The van der Waals surface area contributed by atoms with Gasteiger partial charge >= 0.3 is 0 Å². The summed E-state index contributed by atoms with van der Waals surface area (Å²) in [7, 11) is 4.05. The van der Waals surface area contributed by atoms with Crippen LogP contribution in [0.1, 0.15) is 51.9 Å². The molecule has 0 spiro atoms. The van der Waals surface area contributed by atoms with Gasteiger partial charge in [-0.1, -0.05) is 19.1 Å². The summed E-state index contributed by atoms with van der Waals surface area (Å²) in [5.41, 5.74) is 5.51. The predicted molar refractivity (Wildman–Crippen MR) is 157 cm³/mol. The van der Waals surface area contributed by atoms with Gasteiger partial charge in [0.05, 0.1) is 37.9 Å². The summed E-state index contributed by atoms with van der Waals surface area (Å²) >= 11 is 0. The smallest absolute Gasteiger partial charge is 0.224 e. The molecule has 0 saturated carbocycles. The lowest BCUT2D eigenvalue weighted by Gasteiger charge is -2.38. The summed E-state index contributed by atoms with van der Waals surface area (Å²) in [5, 5.41) is 23.1. The minimum atomic E-state index is 0.0239. The first-order valence-corrected chi connectivity index (χ1v) is 15.1. The SMILES string of the molecule is CC1C=C(NC2=CC(NC3C=C(NC(=O)CCCN(C)C)C=CC3)NCN2)CCC1OC1CCN2NCNC2C1. The molecule has 0 aromatic rings. The van der Waals surface area contributed by atoms with Gasteiger partial charge < -0.3 is 25.6 Å². The number of ether oxygens (including phenoxy) is 1. The minimum absolute atomic E-state index is 0.0239. The quantitative estimate of drug-likeness (QED) is 0.197. The van der Waals surface area contributed by atoms with Crippen LogP contribution in [0.4, 0.5) is 0 Å². The van der Waals surface area contributed by atoms with Crippen LogP contribution in [0.3, 0.4) is 0 Å². The molecule has 5 rings (SSSR count). The summed E-state index contributed by atoms with van der Waals surface area (Å²) in [5.74, 6) is 1.46. The van der Waals surface area contributed by atoms with Gasteiger partial charge in [0.2, 0.25) is 5.91 Å². The van der Waals surface area contributed by atoms with Crippen molar-refractivity contribution in [1.82, 2.24) is 47.2 Å². The third-order valence-electron chi connectivity index (χ3n) is 8.27. The third kappa shape index (κ3) is 8.39. The van der Waals surface area contributed by atoms with Crippen LogP contribution in [0.5, 0.6) is 0 Å². The second kappa shape index (κ2) is 14.1. The molecule has 2 saturated heterocycles. The number of piperidine rings is 1. The van der Waals surface area contributed by atoms with Gasteiger partial charge in [0.25, 0.3) is 0 Å². The van der Waals surface area contributed by atoms with E-state index in [4.69, 9.17) is 4.74 Å². The second-order valence-corrected chi connectivity index (χ2v) is 11.9. The third-order valence-corrected chi connectivity index (χ3v) is 8.27. The van der Waals surface area contributed by atoms with Gasteiger partial charge in [-0.3, -0.25) is 20.7 Å². The Labute approximate surface area is 239 Å². The Bertz CT molecular complexity index is 994. The molecule has 7 N–H and O–H groups in total. The fraction of sp³-hybridized carbons (Fsp3) is 0.690. The highest BCUT2D eigenvalue weighted by atomic mass is 16.5. The van der Waals surface area contributed by atoms with E-state index in [1.54, 1.807) is 0 Å². The molecule has 6 atom stereocenters. The number of hydrazine groups is 1. The summed E-state index contributed by atoms with van der Waals surface area (Å²) in [6.45, 7) is 5.75. The molecule has 2 aliphatic carbocycles. The number of hydrogen-bond acceptors (Lipinski definition) is 10. The molecular formula is C29H49N9O2. The number of rotatable bonds is 11. The number of nitrogens with zero attached hydrogens (tertiary/aromatic N) is 2. The number of carbonyl (C=O) groups is 1. The van der Waals surface area contributed by atoms with Crippen molar-refractivity contribution in [2.75, 3.05) is 40.5 Å². The molecule has 11 nitrogen and oxygen atoms in total. The molecule has 0 aromatic heterocycles. The number of hydrogen-bond donors (Lipinski definition) is 7. The number of amides is 1. The van der Waals surface area contributed by atoms with E-state index in [0.29, 0.717) is 31.3 Å². The van der Waals surface area contributed by atoms with Crippen LogP contribution >= 0.6 is 0 Å². The van der Waals surface area contributed by atoms with Gasteiger partial charge in [0, 0.05) is 42.7 Å². The molecule has 0 aromatic carbocycles. The van der Waals surface area contributed by atoms with Crippen molar-refractivity contribution in [2.45, 2.75) is 82.5 Å². The molecular weight excluding hydrogens is 506 g/mol. The topological polar surface area (TPSA) is 117 Å². The summed E-state index contributed by atoms with van der Waals surface area (Å²) < 4.78 is 6.60. The van der Waals surface area contributed by atoms with Gasteiger partial charge in [0.1, 0.15) is 5.82 Å². The van der Waals surface area contributed by atoms with E-state index in [0.717, 1.165) is 69.8 Å². The Balaban J connectivity index is 1.08. The van der Waals surface area contributed by atoms with Crippen molar-refractivity contribution in [1.29, 1.82) is 0 Å². The first-order valence-electron chi connectivity index (χ1n) is 15.1. The molecule has 2 fully saturated rings. The highest BCUT2D eigenvalue weighted by Crippen LogP contribution is 2.29. The number of allylic oxidation sites excluding steroid dienone is 2. The van der Waals surface area contributed by atoms with Crippen LogP contribution in [0, 0.1) is 5.92 Å². The number of fused-ring (bicyclic) bond motifs is 1. The Morgan fingerprint density at radius 2 is 2.08 bits per heavy atom. The van der Waals surface area contributed by atoms with Gasteiger partial charge in [-0.15, -0.1) is 0 Å². The Kier molecular flexibility index (Phi) is 10.3. The van der Waals surface area contributed by atoms with E-state index in [1.165, 1.54) is 5.70 Å². The fourth-order valence-electron chi connectivity index (χ4n) is 6.11. The van der Waals surface area contributed by atoms with E-state index >= 15 is 0 Å². The van der Waals surface area contributed by atoms with E-state index in [9.17, 15) is 4.79 Å². The van der Waals surface area contributed by atoms with E-state index < -0.39 is 0 Å². The second-order valence-electron chi connectivity index (χ2n) is 11.9. The highest BCUT2D eigenvalue weighted by Gasteiger charge is 2.34. The molecule has 6 unspecified atom stereocenters. The Morgan fingerprint density at radius 3 is 2.92 bits per heavy atom. The molecule has 0 bridgehead atoms. The molecule has 11 heteroatoms. The standard InChI is InChI=1S/C29H49N9O2/c1-20-14-23(9-10-25(20)40-24-11-13-38-28(16-24)32-19-33-38)35-27-17-26(30-18-31-27)34-21-6-4-7-22(15-21)36-29(39)8-5-12-37(2)3/h4,7,14-15,17,20-21,24-26,28,30-35H,5-6,8-13,16,18-19H2,1-3H3,(H,36,39). The lowest BCUT2D eigenvalue weighted by molar-refractivity contribution is -0.120. The van der Waals surface area contributed by atoms with Gasteiger partial charge in [-0.25, -0.2) is 10.4 Å². The average molecular weight is 556 g/mol. The van der Waals surface area contributed by atoms with Crippen molar-refractivity contribution in [2.24, 2.45) is 5.92 Å². The maximum Gasteiger partial charge on any atom is 0.224 e. The van der Waals surface area contributed by atoms with Crippen LogP contribution in [0.2, 0.25) is 0 Å². The lowest BCUT2D eigenvalue weighted by Crippen LogP contribution is -2.53. The maximum atomic E-state index is 12.3.